The number of hydrogen-bond donors (Lipinski definition) is 1. The molecular weight excluding hydrogens is 402 g/mol. The third-order valence-corrected chi connectivity index (χ3v) is 5.82. The molecule has 8 nitrogen and oxygen atoms in total. The molecule has 1 unspecified atom stereocenters. The molecule has 2 aromatic heterocycles. The smallest absolute Gasteiger partial charge is 0.231 e. The van der Waals surface area contributed by atoms with E-state index in [-0.39, 0.29) is 17.7 Å². The minimum Gasteiger partial charge on any atom is -0.467 e. The zero-order valence-electron chi connectivity index (χ0n) is 16.9. The topological polar surface area (TPSA) is 85.4 Å². The number of furan rings is 1. The second kappa shape index (κ2) is 9.82. The molecule has 1 aromatic carbocycles. The fraction of sp³-hybridized carbons (Fsp3) is 0.381. The Morgan fingerprint density at radius 2 is 1.97 bits per heavy atom. The number of ether oxygens (including phenoxy) is 1. The minimum atomic E-state index is -0.181. The lowest BCUT2D eigenvalue weighted by molar-refractivity contribution is -0.119. The first-order chi connectivity index (χ1) is 14.7. The van der Waals surface area contributed by atoms with Gasteiger partial charge in [-0.3, -0.25) is 9.36 Å². The number of thioether (sulfide) groups is 1. The van der Waals surface area contributed by atoms with Crippen LogP contribution in [0.5, 0.6) is 0 Å². The number of nitrogens with zero attached hydrogens (tertiary/aromatic N) is 4. The van der Waals surface area contributed by atoms with Crippen molar-refractivity contribution < 1.29 is 13.9 Å². The quantitative estimate of drug-likeness (QED) is 0.553. The van der Waals surface area contributed by atoms with E-state index in [2.05, 4.69) is 37.1 Å². The van der Waals surface area contributed by atoms with Gasteiger partial charge in [0.1, 0.15) is 5.76 Å². The molecule has 30 heavy (non-hydrogen) atoms. The molecule has 158 valence electrons. The zero-order chi connectivity index (χ0) is 20.8. The van der Waals surface area contributed by atoms with Crippen LogP contribution in [-0.4, -0.2) is 52.7 Å². The van der Waals surface area contributed by atoms with Crippen molar-refractivity contribution in [2.75, 3.05) is 37.0 Å². The third-order valence-electron chi connectivity index (χ3n) is 4.85. The highest BCUT2D eigenvalue weighted by molar-refractivity contribution is 7.99. The van der Waals surface area contributed by atoms with Crippen LogP contribution >= 0.6 is 11.8 Å². The number of anilines is 1. The second-order valence-corrected chi connectivity index (χ2v) is 7.99. The van der Waals surface area contributed by atoms with Crippen molar-refractivity contribution in [3.8, 4) is 0 Å². The number of amides is 1. The molecule has 3 heterocycles. The lowest BCUT2D eigenvalue weighted by atomic mass is 10.2. The van der Waals surface area contributed by atoms with E-state index in [1.807, 2.05) is 37.3 Å². The van der Waals surface area contributed by atoms with Crippen LogP contribution < -0.4 is 10.2 Å². The summed E-state index contributed by atoms with van der Waals surface area (Å²) >= 11 is 1.39. The maximum Gasteiger partial charge on any atom is 0.231 e. The number of benzene rings is 1. The van der Waals surface area contributed by atoms with Crippen LogP contribution in [0.15, 0.2) is 58.3 Å². The molecule has 0 bridgehead atoms. The van der Waals surface area contributed by atoms with Gasteiger partial charge < -0.3 is 19.4 Å². The molecule has 0 radical (unpaired) electrons. The lowest BCUT2D eigenvalue weighted by Crippen LogP contribution is -2.38. The molecule has 1 fully saturated rings. The van der Waals surface area contributed by atoms with Gasteiger partial charge in [0, 0.05) is 13.1 Å². The van der Waals surface area contributed by atoms with Gasteiger partial charge in [-0.1, -0.05) is 42.1 Å². The Kier molecular flexibility index (Phi) is 6.70. The minimum absolute atomic E-state index is 0.0777. The van der Waals surface area contributed by atoms with Crippen LogP contribution in [0.2, 0.25) is 0 Å². The number of aromatic nitrogens is 3. The van der Waals surface area contributed by atoms with Crippen LogP contribution in [0.1, 0.15) is 24.3 Å². The molecule has 0 spiro atoms. The predicted octanol–water partition coefficient (Wildman–Crippen LogP) is 2.73. The first kappa shape index (κ1) is 20.5. The Bertz CT molecular complexity index is 939. The van der Waals surface area contributed by atoms with Crippen LogP contribution in [0.3, 0.4) is 0 Å². The van der Waals surface area contributed by atoms with E-state index >= 15 is 0 Å². The zero-order valence-corrected chi connectivity index (χ0v) is 17.7. The molecule has 0 saturated carbocycles. The van der Waals surface area contributed by atoms with Gasteiger partial charge in [0.15, 0.2) is 5.16 Å². The Morgan fingerprint density at radius 3 is 2.70 bits per heavy atom. The Morgan fingerprint density at radius 1 is 1.17 bits per heavy atom. The van der Waals surface area contributed by atoms with Crippen LogP contribution in [0.4, 0.5) is 5.95 Å². The number of nitrogens with one attached hydrogen (secondary N) is 1. The van der Waals surface area contributed by atoms with Gasteiger partial charge in [0.2, 0.25) is 11.9 Å². The second-order valence-electron chi connectivity index (χ2n) is 7.05. The Balaban J connectivity index is 1.46. The van der Waals surface area contributed by atoms with Gasteiger partial charge in [-0.2, -0.15) is 0 Å². The molecule has 0 aliphatic carbocycles. The van der Waals surface area contributed by atoms with E-state index < -0.39 is 0 Å². The summed E-state index contributed by atoms with van der Waals surface area (Å²) in [6, 6.07) is 13.7. The van der Waals surface area contributed by atoms with Gasteiger partial charge in [-0.15, -0.1) is 10.2 Å². The van der Waals surface area contributed by atoms with E-state index in [9.17, 15) is 4.79 Å². The highest BCUT2D eigenvalue weighted by Crippen LogP contribution is 2.24. The van der Waals surface area contributed by atoms with Crippen LogP contribution in [-0.2, 0) is 16.1 Å². The van der Waals surface area contributed by atoms with E-state index in [0.29, 0.717) is 19.8 Å². The van der Waals surface area contributed by atoms with Crippen molar-refractivity contribution in [1.29, 1.82) is 0 Å². The molecule has 1 aliphatic rings. The van der Waals surface area contributed by atoms with Gasteiger partial charge in [-0.25, -0.2) is 0 Å². The molecule has 3 aromatic rings. The van der Waals surface area contributed by atoms with Gasteiger partial charge in [0.25, 0.3) is 0 Å². The number of carbonyl (C=O) groups excluding carboxylic acids is 1. The fourth-order valence-corrected chi connectivity index (χ4v) is 4.06. The average molecular weight is 428 g/mol. The summed E-state index contributed by atoms with van der Waals surface area (Å²) < 4.78 is 12.9. The van der Waals surface area contributed by atoms with Crippen molar-refractivity contribution in [3.63, 3.8) is 0 Å². The van der Waals surface area contributed by atoms with Crippen molar-refractivity contribution in [3.05, 3.63) is 60.1 Å². The molecule has 1 saturated heterocycles. The Labute approximate surface area is 179 Å². The molecular formula is C21H25N5O3S. The molecule has 9 heteroatoms. The van der Waals surface area contributed by atoms with Gasteiger partial charge >= 0.3 is 0 Å². The molecule has 1 atom stereocenters. The lowest BCUT2D eigenvalue weighted by Gasteiger charge is -2.28. The predicted molar refractivity (Wildman–Crippen MR) is 115 cm³/mol. The maximum absolute atomic E-state index is 12.4. The number of rotatable bonds is 8. The third kappa shape index (κ3) is 5.03. The SMILES string of the molecule is CC(NC(=O)CSc1nnc(N2CCOCC2)n1Cc1ccccc1)c1ccco1. The first-order valence-corrected chi connectivity index (χ1v) is 10.9. The molecule has 1 N–H and O–H groups in total. The van der Waals surface area contributed by atoms with E-state index in [1.165, 1.54) is 11.8 Å². The van der Waals surface area contributed by atoms with Crippen molar-refractivity contribution in [2.45, 2.75) is 24.7 Å². The summed E-state index contributed by atoms with van der Waals surface area (Å²) in [6.07, 6.45) is 1.60. The average Bonchev–Trinajstić information content (AvgIpc) is 3.44. The fourth-order valence-electron chi connectivity index (χ4n) is 3.31. The van der Waals surface area contributed by atoms with E-state index in [0.717, 1.165) is 35.5 Å². The number of hydrogen-bond acceptors (Lipinski definition) is 7. The molecule has 1 aliphatic heterocycles. The highest BCUT2D eigenvalue weighted by Gasteiger charge is 2.22. The first-order valence-electron chi connectivity index (χ1n) is 9.96. The molecule has 1 amide bonds. The molecule has 4 rings (SSSR count). The van der Waals surface area contributed by atoms with E-state index in [1.54, 1.807) is 6.26 Å². The van der Waals surface area contributed by atoms with Gasteiger partial charge in [-0.05, 0) is 24.6 Å². The van der Waals surface area contributed by atoms with Gasteiger partial charge in [0.05, 0.1) is 37.8 Å². The number of morpholine rings is 1. The summed E-state index contributed by atoms with van der Waals surface area (Å²) in [5.41, 5.74) is 1.16. The highest BCUT2D eigenvalue weighted by atomic mass is 32.2. The summed E-state index contributed by atoms with van der Waals surface area (Å²) in [5, 5.41) is 12.5. The Hall–Kier alpha value is -2.78. The summed E-state index contributed by atoms with van der Waals surface area (Å²) in [6.45, 7) is 5.45. The number of carbonyl (C=O) groups is 1. The van der Waals surface area contributed by atoms with Crippen LogP contribution in [0.25, 0.3) is 0 Å². The maximum atomic E-state index is 12.4. The van der Waals surface area contributed by atoms with Crippen molar-refractivity contribution >= 4 is 23.6 Å². The monoisotopic (exact) mass is 427 g/mol. The summed E-state index contributed by atoms with van der Waals surface area (Å²) in [7, 11) is 0. The van der Waals surface area contributed by atoms with Crippen molar-refractivity contribution in [2.24, 2.45) is 0 Å². The largest absolute Gasteiger partial charge is 0.467 e. The normalized spacial score (nSPS) is 15.2. The summed E-state index contributed by atoms with van der Waals surface area (Å²) in [4.78, 5) is 14.6. The van der Waals surface area contributed by atoms with Crippen LogP contribution in [0, 0.1) is 0 Å². The standard InChI is InChI=1S/C21H25N5O3S/c1-16(18-8-5-11-29-18)22-19(27)15-30-21-24-23-20(25-9-12-28-13-10-25)26(21)14-17-6-3-2-4-7-17/h2-8,11,16H,9-10,12-15H2,1H3,(H,22,27). The summed E-state index contributed by atoms with van der Waals surface area (Å²) in [5.74, 6) is 1.72. The van der Waals surface area contributed by atoms with E-state index in [4.69, 9.17) is 9.15 Å². The van der Waals surface area contributed by atoms with Crippen molar-refractivity contribution in [1.82, 2.24) is 20.1 Å².